The van der Waals surface area contributed by atoms with E-state index in [-0.39, 0.29) is 6.04 Å². The maximum absolute atomic E-state index is 5.82. The fourth-order valence-electron chi connectivity index (χ4n) is 2.95. The average molecular weight is 257 g/mol. The minimum atomic E-state index is 0.176. The number of hydrogen-bond acceptors (Lipinski definition) is 4. The van der Waals surface area contributed by atoms with E-state index >= 15 is 0 Å². The van der Waals surface area contributed by atoms with Gasteiger partial charge in [0.15, 0.2) is 0 Å². The van der Waals surface area contributed by atoms with Crippen molar-refractivity contribution in [1.29, 1.82) is 0 Å². The van der Waals surface area contributed by atoms with Crippen LogP contribution in [0.2, 0.25) is 0 Å². The summed E-state index contributed by atoms with van der Waals surface area (Å²) in [4.78, 5) is 4.18. The minimum Gasteiger partial charge on any atom is -0.381 e. The minimum absolute atomic E-state index is 0.176. The standard InChI is InChI=1S/C15H19N3O/c16-18-15(11-5-8-19-9-6-11)14-3-1-2-12-10-17-7-4-13(12)14/h1-4,7,10-11,15,18H,5-6,8-9,16H2. The average Bonchev–Trinajstić information content (AvgIpc) is 2.49. The van der Waals surface area contributed by atoms with Gasteiger partial charge < -0.3 is 4.74 Å². The number of hydrogen-bond donors (Lipinski definition) is 2. The predicted molar refractivity (Wildman–Crippen MR) is 75.4 cm³/mol. The molecule has 1 aromatic carbocycles. The van der Waals surface area contributed by atoms with E-state index in [4.69, 9.17) is 10.6 Å². The predicted octanol–water partition coefficient (Wildman–Crippen LogP) is 2.17. The van der Waals surface area contributed by atoms with Crippen molar-refractivity contribution in [1.82, 2.24) is 10.4 Å². The van der Waals surface area contributed by atoms with E-state index in [2.05, 4.69) is 34.7 Å². The summed E-state index contributed by atoms with van der Waals surface area (Å²) < 4.78 is 5.44. The Bertz CT molecular complexity index is 547. The molecule has 0 aliphatic carbocycles. The molecular formula is C15H19N3O. The van der Waals surface area contributed by atoms with Crippen molar-refractivity contribution in [2.45, 2.75) is 18.9 Å². The topological polar surface area (TPSA) is 60.2 Å². The molecule has 1 fully saturated rings. The van der Waals surface area contributed by atoms with Crippen LogP contribution < -0.4 is 11.3 Å². The number of nitrogens with two attached hydrogens (primary N) is 1. The van der Waals surface area contributed by atoms with Crippen LogP contribution in [-0.2, 0) is 4.74 Å². The molecule has 4 nitrogen and oxygen atoms in total. The summed E-state index contributed by atoms with van der Waals surface area (Å²) in [5.74, 6) is 6.35. The molecule has 0 amide bonds. The second-order valence-corrected chi connectivity index (χ2v) is 5.04. The lowest BCUT2D eigenvalue weighted by atomic mass is 9.85. The molecule has 0 bridgehead atoms. The molecule has 1 aromatic heterocycles. The first kappa shape index (κ1) is 12.5. The Balaban J connectivity index is 2.00. The molecule has 1 atom stereocenters. The maximum Gasteiger partial charge on any atom is 0.0496 e. The first-order chi connectivity index (χ1) is 9.40. The smallest absolute Gasteiger partial charge is 0.0496 e. The molecule has 1 saturated heterocycles. The van der Waals surface area contributed by atoms with Crippen LogP contribution in [0.4, 0.5) is 0 Å². The van der Waals surface area contributed by atoms with Gasteiger partial charge in [-0.1, -0.05) is 18.2 Å². The second kappa shape index (κ2) is 5.65. The maximum atomic E-state index is 5.82. The molecule has 4 heteroatoms. The Morgan fingerprint density at radius 1 is 1.26 bits per heavy atom. The van der Waals surface area contributed by atoms with E-state index < -0.39 is 0 Å². The fourth-order valence-corrected chi connectivity index (χ4v) is 2.95. The van der Waals surface area contributed by atoms with E-state index in [0.717, 1.165) is 31.4 Å². The lowest BCUT2D eigenvalue weighted by Gasteiger charge is -2.30. The SMILES string of the molecule is NNC(c1cccc2cnccc12)C1CCOCC1. The van der Waals surface area contributed by atoms with Gasteiger partial charge in [0, 0.05) is 37.0 Å². The first-order valence-corrected chi connectivity index (χ1v) is 6.76. The third-order valence-electron chi connectivity index (χ3n) is 3.97. The van der Waals surface area contributed by atoms with E-state index in [0.29, 0.717) is 5.92 Å². The molecule has 2 heterocycles. The first-order valence-electron chi connectivity index (χ1n) is 6.76. The Morgan fingerprint density at radius 3 is 2.89 bits per heavy atom. The summed E-state index contributed by atoms with van der Waals surface area (Å²) in [6.45, 7) is 1.66. The quantitative estimate of drug-likeness (QED) is 0.653. The monoisotopic (exact) mass is 257 g/mol. The largest absolute Gasteiger partial charge is 0.381 e. The highest BCUT2D eigenvalue weighted by molar-refractivity contribution is 5.85. The molecule has 19 heavy (non-hydrogen) atoms. The number of hydrazine groups is 1. The van der Waals surface area contributed by atoms with Crippen molar-refractivity contribution < 1.29 is 4.74 Å². The number of benzene rings is 1. The zero-order valence-electron chi connectivity index (χ0n) is 10.9. The molecule has 1 unspecified atom stereocenters. The molecule has 2 aromatic rings. The van der Waals surface area contributed by atoms with Gasteiger partial charge in [0.05, 0.1) is 0 Å². The van der Waals surface area contributed by atoms with Crippen LogP contribution in [0.3, 0.4) is 0 Å². The lowest BCUT2D eigenvalue weighted by Crippen LogP contribution is -2.36. The molecule has 0 radical (unpaired) electrons. The van der Waals surface area contributed by atoms with Gasteiger partial charge in [-0.25, -0.2) is 0 Å². The Morgan fingerprint density at radius 2 is 2.11 bits per heavy atom. The second-order valence-electron chi connectivity index (χ2n) is 5.04. The molecule has 100 valence electrons. The van der Waals surface area contributed by atoms with Crippen LogP contribution in [0.15, 0.2) is 36.7 Å². The summed E-state index contributed by atoms with van der Waals surface area (Å²) in [7, 11) is 0. The number of pyridine rings is 1. The third kappa shape index (κ3) is 2.47. The molecule has 0 spiro atoms. The fraction of sp³-hybridized carbons (Fsp3) is 0.400. The Kier molecular flexibility index (Phi) is 3.73. The summed E-state index contributed by atoms with van der Waals surface area (Å²) >= 11 is 0. The van der Waals surface area contributed by atoms with Gasteiger partial charge in [-0.05, 0) is 35.8 Å². The summed E-state index contributed by atoms with van der Waals surface area (Å²) in [5.41, 5.74) is 4.26. The zero-order valence-corrected chi connectivity index (χ0v) is 10.9. The molecule has 1 aliphatic heterocycles. The molecular weight excluding hydrogens is 238 g/mol. The van der Waals surface area contributed by atoms with Gasteiger partial charge in [0.25, 0.3) is 0 Å². The molecule has 3 N–H and O–H groups in total. The van der Waals surface area contributed by atoms with E-state index in [1.807, 2.05) is 12.4 Å². The van der Waals surface area contributed by atoms with Gasteiger partial charge in [0.1, 0.15) is 0 Å². The zero-order chi connectivity index (χ0) is 13.1. The number of aromatic nitrogens is 1. The number of ether oxygens (including phenoxy) is 1. The third-order valence-corrected chi connectivity index (χ3v) is 3.97. The molecule has 0 saturated carbocycles. The lowest BCUT2D eigenvalue weighted by molar-refractivity contribution is 0.0538. The van der Waals surface area contributed by atoms with Gasteiger partial charge >= 0.3 is 0 Å². The van der Waals surface area contributed by atoms with Crippen molar-refractivity contribution in [3.05, 3.63) is 42.2 Å². The molecule has 1 aliphatic rings. The summed E-state index contributed by atoms with van der Waals surface area (Å²) in [6.07, 6.45) is 5.84. The van der Waals surface area contributed by atoms with Crippen molar-refractivity contribution in [3.63, 3.8) is 0 Å². The highest BCUT2D eigenvalue weighted by atomic mass is 16.5. The molecule has 3 rings (SSSR count). The van der Waals surface area contributed by atoms with Gasteiger partial charge in [-0.15, -0.1) is 0 Å². The van der Waals surface area contributed by atoms with E-state index in [1.54, 1.807) is 0 Å². The van der Waals surface area contributed by atoms with Crippen molar-refractivity contribution in [2.75, 3.05) is 13.2 Å². The van der Waals surface area contributed by atoms with Crippen molar-refractivity contribution in [3.8, 4) is 0 Å². The number of fused-ring (bicyclic) bond motifs is 1. The van der Waals surface area contributed by atoms with Crippen LogP contribution in [0.25, 0.3) is 10.8 Å². The van der Waals surface area contributed by atoms with Gasteiger partial charge in [0.2, 0.25) is 0 Å². The van der Waals surface area contributed by atoms with Gasteiger partial charge in [-0.2, -0.15) is 0 Å². The Labute approximate surface area is 112 Å². The van der Waals surface area contributed by atoms with Crippen LogP contribution in [0.5, 0.6) is 0 Å². The normalized spacial score (nSPS) is 18.6. The number of rotatable bonds is 3. The summed E-state index contributed by atoms with van der Waals surface area (Å²) in [5, 5.41) is 2.39. The van der Waals surface area contributed by atoms with Crippen molar-refractivity contribution >= 4 is 10.8 Å². The van der Waals surface area contributed by atoms with E-state index in [9.17, 15) is 0 Å². The van der Waals surface area contributed by atoms with E-state index in [1.165, 1.54) is 10.9 Å². The summed E-state index contributed by atoms with van der Waals surface area (Å²) in [6, 6.07) is 8.55. The van der Waals surface area contributed by atoms with Crippen LogP contribution in [-0.4, -0.2) is 18.2 Å². The van der Waals surface area contributed by atoms with Gasteiger partial charge in [-0.3, -0.25) is 16.3 Å². The van der Waals surface area contributed by atoms with Crippen LogP contribution in [0, 0.1) is 5.92 Å². The van der Waals surface area contributed by atoms with Crippen LogP contribution >= 0.6 is 0 Å². The highest BCUT2D eigenvalue weighted by Crippen LogP contribution is 2.33. The highest BCUT2D eigenvalue weighted by Gasteiger charge is 2.25. The van der Waals surface area contributed by atoms with Crippen LogP contribution in [0.1, 0.15) is 24.4 Å². The number of nitrogens with zero attached hydrogens (tertiary/aromatic N) is 1. The van der Waals surface area contributed by atoms with Crippen molar-refractivity contribution in [2.24, 2.45) is 11.8 Å². The number of nitrogens with one attached hydrogen (secondary N) is 1. The Hall–Kier alpha value is -1.49.